The van der Waals surface area contributed by atoms with Crippen LogP contribution in [0.15, 0.2) is 11.8 Å². The summed E-state index contributed by atoms with van der Waals surface area (Å²) in [5, 5.41) is 1.90. The van der Waals surface area contributed by atoms with Crippen molar-refractivity contribution in [2.24, 2.45) is 17.8 Å². The molecule has 17 heavy (non-hydrogen) atoms. The molecule has 1 nitrogen and oxygen atoms in total. The molecule has 5 unspecified atom stereocenters. The van der Waals surface area contributed by atoms with Gasteiger partial charge in [0.2, 0.25) is 0 Å². The molecule has 3 fully saturated rings. The lowest BCUT2D eigenvalue weighted by atomic mass is 9.68. The summed E-state index contributed by atoms with van der Waals surface area (Å²) in [5.41, 5.74) is 1.27. The lowest BCUT2D eigenvalue weighted by Gasteiger charge is -2.37. The molecule has 2 heteroatoms. The molecule has 0 amide bonds. The van der Waals surface area contributed by atoms with Gasteiger partial charge in [0, 0.05) is 16.4 Å². The van der Waals surface area contributed by atoms with Gasteiger partial charge in [0.1, 0.15) is 0 Å². The van der Waals surface area contributed by atoms with E-state index < -0.39 is 0 Å². The van der Waals surface area contributed by atoms with Gasteiger partial charge >= 0.3 is 0 Å². The summed E-state index contributed by atoms with van der Waals surface area (Å²) in [7, 11) is 0. The van der Waals surface area contributed by atoms with Crippen LogP contribution in [0.3, 0.4) is 0 Å². The highest BCUT2D eigenvalue weighted by molar-refractivity contribution is 8.01. The minimum Gasteiger partial charge on any atom is -0.501 e. The van der Waals surface area contributed by atoms with E-state index in [0.717, 1.165) is 34.9 Å². The van der Waals surface area contributed by atoms with Crippen LogP contribution in [0.25, 0.3) is 0 Å². The minimum absolute atomic E-state index is 0.833. The standard InChI is InChI=1S/C15H24OS/c1-10(2)8-16-9-11-7-14-12-5-3-4-6-13(12)15(11)17-14/h8,11-15H,3-7,9H2,1-2H3. The van der Waals surface area contributed by atoms with Gasteiger partial charge in [-0.15, -0.1) is 0 Å². The average molecular weight is 252 g/mol. The van der Waals surface area contributed by atoms with Gasteiger partial charge in [-0.1, -0.05) is 12.8 Å². The van der Waals surface area contributed by atoms with Crippen molar-refractivity contribution in [2.45, 2.75) is 56.5 Å². The van der Waals surface area contributed by atoms with E-state index in [0.29, 0.717) is 0 Å². The fraction of sp³-hybridized carbons (Fsp3) is 0.867. The Morgan fingerprint density at radius 1 is 1.24 bits per heavy atom. The lowest BCUT2D eigenvalue weighted by molar-refractivity contribution is 0.115. The number of allylic oxidation sites excluding steroid dienone is 1. The molecule has 3 rings (SSSR count). The van der Waals surface area contributed by atoms with E-state index in [-0.39, 0.29) is 0 Å². The number of ether oxygens (including phenoxy) is 1. The molecule has 2 saturated heterocycles. The van der Waals surface area contributed by atoms with E-state index in [1.54, 1.807) is 0 Å². The van der Waals surface area contributed by atoms with Crippen LogP contribution in [-0.2, 0) is 4.74 Å². The van der Waals surface area contributed by atoms with Gasteiger partial charge in [-0.2, -0.15) is 11.8 Å². The van der Waals surface area contributed by atoms with Crippen LogP contribution >= 0.6 is 11.8 Å². The van der Waals surface area contributed by atoms with Crippen LogP contribution in [0.2, 0.25) is 0 Å². The monoisotopic (exact) mass is 252 g/mol. The second-order valence-corrected chi connectivity index (χ2v) is 7.70. The van der Waals surface area contributed by atoms with Gasteiger partial charge in [0.15, 0.2) is 0 Å². The first-order valence-electron chi connectivity index (χ1n) is 7.16. The number of fused-ring (bicyclic) bond motifs is 5. The first-order valence-corrected chi connectivity index (χ1v) is 8.10. The first-order chi connectivity index (χ1) is 8.25. The molecular weight excluding hydrogens is 228 g/mol. The van der Waals surface area contributed by atoms with Crippen LogP contribution in [0, 0.1) is 17.8 Å². The zero-order chi connectivity index (χ0) is 11.8. The largest absolute Gasteiger partial charge is 0.501 e. The molecule has 1 saturated carbocycles. The lowest BCUT2D eigenvalue weighted by Crippen LogP contribution is -2.36. The van der Waals surface area contributed by atoms with Gasteiger partial charge in [-0.05, 0) is 50.5 Å². The summed E-state index contributed by atoms with van der Waals surface area (Å²) >= 11 is 2.30. The van der Waals surface area contributed by atoms with E-state index in [9.17, 15) is 0 Å². The summed E-state index contributed by atoms with van der Waals surface area (Å²) in [6, 6.07) is 0. The van der Waals surface area contributed by atoms with Crippen molar-refractivity contribution >= 4 is 11.8 Å². The van der Waals surface area contributed by atoms with Crippen molar-refractivity contribution < 1.29 is 4.74 Å². The molecule has 2 bridgehead atoms. The first kappa shape index (κ1) is 12.0. The fourth-order valence-corrected chi connectivity index (χ4v) is 6.34. The molecule has 0 aromatic rings. The Kier molecular flexibility index (Phi) is 3.43. The minimum atomic E-state index is 0.833. The molecule has 5 atom stereocenters. The Morgan fingerprint density at radius 3 is 2.76 bits per heavy atom. The molecule has 0 aromatic heterocycles. The van der Waals surface area contributed by atoms with E-state index in [1.807, 2.05) is 6.26 Å². The molecule has 2 aliphatic heterocycles. The Hall–Kier alpha value is -0.110. The zero-order valence-corrected chi connectivity index (χ0v) is 11.8. The third-order valence-corrected chi connectivity index (χ3v) is 6.68. The summed E-state index contributed by atoms with van der Waals surface area (Å²) in [6.45, 7) is 5.17. The summed E-state index contributed by atoms with van der Waals surface area (Å²) in [5.74, 6) is 2.94. The molecular formula is C15H24OS. The topological polar surface area (TPSA) is 9.23 Å². The van der Waals surface area contributed by atoms with Crippen molar-refractivity contribution in [1.29, 1.82) is 0 Å². The highest BCUT2D eigenvalue weighted by atomic mass is 32.2. The third-order valence-electron chi connectivity index (χ3n) is 4.74. The molecule has 0 radical (unpaired) electrons. The molecule has 3 aliphatic rings. The second-order valence-electron chi connectivity index (χ2n) is 6.28. The zero-order valence-electron chi connectivity index (χ0n) is 11.0. The van der Waals surface area contributed by atoms with E-state index in [4.69, 9.17) is 4.74 Å². The predicted molar refractivity (Wildman–Crippen MR) is 74.1 cm³/mol. The van der Waals surface area contributed by atoms with Gasteiger partial charge in [-0.3, -0.25) is 0 Å². The van der Waals surface area contributed by atoms with Crippen LogP contribution in [0.4, 0.5) is 0 Å². The quantitative estimate of drug-likeness (QED) is 0.695. The number of hydrogen-bond acceptors (Lipinski definition) is 2. The van der Waals surface area contributed by atoms with Crippen molar-refractivity contribution in [1.82, 2.24) is 0 Å². The Labute approximate surface area is 109 Å². The normalized spacial score (nSPS) is 43.3. The Balaban J connectivity index is 1.58. The molecule has 2 heterocycles. The van der Waals surface area contributed by atoms with E-state index in [1.165, 1.54) is 37.7 Å². The van der Waals surface area contributed by atoms with Crippen LogP contribution < -0.4 is 0 Å². The van der Waals surface area contributed by atoms with Crippen molar-refractivity contribution in [3.63, 3.8) is 0 Å². The molecule has 0 spiro atoms. The van der Waals surface area contributed by atoms with Gasteiger partial charge in [0.25, 0.3) is 0 Å². The third kappa shape index (κ3) is 2.25. The smallest absolute Gasteiger partial charge is 0.0912 e. The molecule has 0 aromatic carbocycles. The summed E-state index contributed by atoms with van der Waals surface area (Å²) < 4.78 is 5.74. The predicted octanol–water partition coefficient (Wildman–Crippen LogP) is 4.24. The van der Waals surface area contributed by atoms with Gasteiger partial charge in [-0.25, -0.2) is 0 Å². The Bertz CT molecular complexity index is 308. The highest BCUT2D eigenvalue weighted by Gasteiger charge is 2.53. The number of thioether (sulfide) groups is 1. The average Bonchev–Trinajstić information content (AvgIpc) is 2.87. The summed E-state index contributed by atoms with van der Waals surface area (Å²) in [4.78, 5) is 0. The highest BCUT2D eigenvalue weighted by Crippen LogP contribution is 2.59. The fourth-order valence-electron chi connectivity index (χ4n) is 4.09. The van der Waals surface area contributed by atoms with Crippen LogP contribution in [0.1, 0.15) is 46.0 Å². The van der Waals surface area contributed by atoms with Crippen molar-refractivity contribution in [3.8, 4) is 0 Å². The maximum absolute atomic E-state index is 5.74. The molecule has 1 aliphatic carbocycles. The van der Waals surface area contributed by atoms with Crippen molar-refractivity contribution in [2.75, 3.05) is 6.61 Å². The number of hydrogen-bond donors (Lipinski definition) is 0. The SMILES string of the molecule is CC(C)=COCC1CC2SC1C1CCCCC21. The van der Waals surface area contributed by atoms with Gasteiger partial charge in [0.05, 0.1) is 12.9 Å². The maximum atomic E-state index is 5.74. The van der Waals surface area contributed by atoms with E-state index in [2.05, 4.69) is 25.6 Å². The second kappa shape index (κ2) is 4.87. The van der Waals surface area contributed by atoms with E-state index >= 15 is 0 Å². The number of rotatable bonds is 3. The van der Waals surface area contributed by atoms with Crippen molar-refractivity contribution in [3.05, 3.63) is 11.8 Å². The van der Waals surface area contributed by atoms with Gasteiger partial charge < -0.3 is 4.74 Å². The van der Waals surface area contributed by atoms with Crippen LogP contribution in [0.5, 0.6) is 0 Å². The Morgan fingerprint density at radius 2 is 2.00 bits per heavy atom. The summed E-state index contributed by atoms with van der Waals surface area (Å²) in [6.07, 6.45) is 9.34. The molecule has 0 N–H and O–H groups in total. The maximum Gasteiger partial charge on any atom is 0.0912 e. The molecule has 96 valence electrons. The van der Waals surface area contributed by atoms with Crippen LogP contribution in [-0.4, -0.2) is 17.1 Å².